The Morgan fingerprint density at radius 1 is 1.36 bits per heavy atom. The number of rotatable bonds is 4. The molecule has 6 heteroatoms. The van der Waals surface area contributed by atoms with Gasteiger partial charge in [-0.15, -0.1) is 0 Å². The molecule has 1 fully saturated rings. The normalized spacial score (nSPS) is 28.6. The summed E-state index contributed by atoms with van der Waals surface area (Å²) in [5.74, 6) is 0.0359. The van der Waals surface area contributed by atoms with Crippen molar-refractivity contribution in [1.29, 1.82) is 0 Å². The summed E-state index contributed by atoms with van der Waals surface area (Å²) in [6, 6.07) is 0. The first kappa shape index (κ1) is 19.9. The fourth-order valence-corrected chi connectivity index (χ4v) is 4.08. The molecule has 0 aromatic heterocycles. The Hall–Kier alpha value is -0.170. The van der Waals surface area contributed by atoms with E-state index < -0.39 is 0 Å². The number of nitrogens with zero attached hydrogens (tertiary/aromatic N) is 1. The van der Waals surface area contributed by atoms with Crippen LogP contribution >= 0.6 is 24.6 Å². The van der Waals surface area contributed by atoms with Crippen LogP contribution in [0.25, 0.3) is 0 Å². The summed E-state index contributed by atoms with van der Waals surface area (Å²) in [6.07, 6.45) is 8.83. The smallest absolute Gasteiger partial charge is 0.310 e. The second-order valence-corrected chi connectivity index (χ2v) is 7.56. The van der Waals surface area contributed by atoms with Gasteiger partial charge in [-0.25, -0.2) is 4.31 Å². The lowest BCUT2D eigenvalue weighted by Gasteiger charge is -2.33. The van der Waals surface area contributed by atoms with E-state index in [2.05, 4.69) is 29.1 Å². The van der Waals surface area contributed by atoms with Crippen molar-refractivity contribution in [3.63, 3.8) is 0 Å². The fraction of sp³-hybridized carbons (Fsp3) is 0.812. The zero-order valence-corrected chi connectivity index (χ0v) is 15.5. The van der Waals surface area contributed by atoms with E-state index in [1.165, 1.54) is 6.42 Å². The van der Waals surface area contributed by atoms with Gasteiger partial charge in [0, 0.05) is 23.6 Å². The minimum Gasteiger partial charge on any atom is -0.466 e. The second-order valence-electron chi connectivity index (χ2n) is 5.56. The average Bonchev–Trinajstić information content (AvgIpc) is 2.51. The zero-order valence-electron chi connectivity index (χ0n) is 13.7. The molecule has 0 saturated carbocycles. The number of ether oxygens (including phenoxy) is 1. The maximum absolute atomic E-state index is 11.8. The molecule has 0 aromatic carbocycles. The Kier molecular flexibility index (Phi) is 10.3. The van der Waals surface area contributed by atoms with Crippen LogP contribution in [0.4, 0.5) is 0 Å². The van der Waals surface area contributed by atoms with Crippen molar-refractivity contribution in [1.82, 2.24) is 4.31 Å². The van der Waals surface area contributed by atoms with Crippen LogP contribution in [0, 0.1) is 5.92 Å². The Morgan fingerprint density at radius 2 is 2.09 bits per heavy atom. The Bertz CT molecular complexity index is 353. The van der Waals surface area contributed by atoms with Gasteiger partial charge in [-0.05, 0) is 39.2 Å². The molecule has 0 aromatic rings. The molecule has 2 aliphatic rings. The van der Waals surface area contributed by atoms with Gasteiger partial charge < -0.3 is 10.5 Å². The lowest BCUT2D eigenvalue weighted by molar-refractivity contribution is -0.149. The highest BCUT2D eigenvalue weighted by atomic mass is 32.2. The molecule has 0 radical (unpaired) electrons. The number of thiol groups is 1. The first-order valence-corrected chi connectivity index (χ1v) is 9.60. The minimum atomic E-state index is -0.0255. The topological polar surface area (TPSA) is 55.6 Å². The summed E-state index contributed by atoms with van der Waals surface area (Å²) in [4.78, 5) is 11.8. The number of piperidine rings is 1. The number of carbonyl (C=O) groups excluding carboxylic acids is 1. The first-order valence-electron chi connectivity index (χ1n) is 8.25. The maximum atomic E-state index is 11.8. The van der Waals surface area contributed by atoms with Gasteiger partial charge in [-0.2, -0.15) is 12.6 Å². The van der Waals surface area contributed by atoms with Crippen LogP contribution in [0.3, 0.4) is 0 Å². The van der Waals surface area contributed by atoms with Crippen molar-refractivity contribution in [2.75, 3.05) is 26.2 Å². The minimum absolute atomic E-state index is 0.0255. The van der Waals surface area contributed by atoms with Crippen LogP contribution in [0.2, 0.25) is 0 Å². The molecule has 0 bridgehead atoms. The van der Waals surface area contributed by atoms with Crippen LogP contribution in [0.5, 0.6) is 0 Å². The predicted molar refractivity (Wildman–Crippen MR) is 98.2 cm³/mol. The molecule has 3 atom stereocenters. The van der Waals surface area contributed by atoms with Gasteiger partial charge in [0.25, 0.3) is 0 Å². The van der Waals surface area contributed by atoms with Crippen molar-refractivity contribution in [2.24, 2.45) is 11.7 Å². The Labute approximate surface area is 144 Å². The summed E-state index contributed by atoms with van der Waals surface area (Å²) in [6.45, 7) is 6.92. The summed E-state index contributed by atoms with van der Waals surface area (Å²) < 4.78 is 7.48. The highest BCUT2D eigenvalue weighted by Gasteiger charge is 2.28. The van der Waals surface area contributed by atoms with E-state index in [4.69, 9.17) is 10.5 Å². The average molecular weight is 347 g/mol. The van der Waals surface area contributed by atoms with Crippen molar-refractivity contribution in [3.8, 4) is 0 Å². The van der Waals surface area contributed by atoms with Crippen molar-refractivity contribution < 1.29 is 9.53 Å². The largest absolute Gasteiger partial charge is 0.466 e. The lowest BCUT2D eigenvalue weighted by atomic mass is 10.0. The SMILES string of the molecule is CCN.CCOC(=O)C1CCCN(SC2C=CC(S)CC2)C1. The quantitative estimate of drug-likeness (QED) is 0.355. The molecule has 2 rings (SSSR count). The van der Waals surface area contributed by atoms with Gasteiger partial charge in [0.15, 0.2) is 0 Å². The molecule has 22 heavy (non-hydrogen) atoms. The van der Waals surface area contributed by atoms with E-state index >= 15 is 0 Å². The summed E-state index contributed by atoms with van der Waals surface area (Å²) in [7, 11) is 0. The third-order valence-electron chi connectivity index (χ3n) is 3.58. The van der Waals surface area contributed by atoms with Crippen LogP contribution < -0.4 is 5.73 Å². The number of nitrogens with two attached hydrogens (primary N) is 1. The van der Waals surface area contributed by atoms with E-state index in [9.17, 15) is 4.79 Å². The molecule has 1 aliphatic carbocycles. The van der Waals surface area contributed by atoms with E-state index in [0.717, 1.165) is 38.9 Å². The van der Waals surface area contributed by atoms with E-state index in [0.29, 0.717) is 17.1 Å². The fourth-order valence-electron chi connectivity index (χ4n) is 2.55. The third-order valence-corrected chi connectivity index (χ3v) is 5.31. The van der Waals surface area contributed by atoms with Crippen molar-refractivity contribution >= 4 is 30.5 Å². The monoisotopic (exact) mass is 346 g/mol. The van der Waals surface area contributed by atoms with Gasteiger partial charge in [0.05, 0.1) is 12.5 Å². The van der Waals surface area contributed by atoms with E-state index in [-0.39, 0.29) is 11.9 Å². The zero-order chi connectivity index (χ0) is 16.4. The Morgan fingerprint density at radius 3 is 2.68 bits per heavy atom. The van der Waals surface area contributed by atoms with E-state index in [1.807, 2.05) is 25.8 Å². The highest BCUT2D eigenvalue weighted by molar-refractivity contribution is 7.97. The van der Waals surface area contributed by atoms with Gasteiger partial charge >= 0.3 is 5.97 Å². The molecule has 1 saturated heterocycles. The number of hydrogen-bond acceptors (Lipinski definition) is 6. The van der Waals surface area contributed by atoms with Gasteiger partial charge in [-0.3, -0.25) is 4.79 Å². The summed E-state index contributed by atoms with van der Waals surface area (Å²) in [5.41, 5.74) is 4.85. The molecular formula is C16H30N2O2S2. The van der Waals surface area contributed by atoms with Gasteiger partial charge in [0.1, 0.15) is 0 Å². The van der Waals surface area contributed by atoms with E-state index in [1.54, 1.807) is 0 Å². The predicted octanol–water partition coefficient (Wildman–Crippen LogP) is 2.89. The summed E-state index contributed by atoms with van der Waals surface area (Å²) in [5, 5.41) is 0.967. The third kappa shape index (κ3) is 7.40. The summed E-state index contributed by atoms with van der Waals surface area (Å²) >= 11 is 6.35. The molecule has 128 valence electrons. The molecule has 0 spiro atoms. The molecule has 2 N–H and O–H groups in total. The van der Waals surface area contributed by atoms with Crippen molar-refractivity contribution in [2.45, 2.75) is 50.0 Å². The molecular weight excluding hydrogens is 316 g/mol. The maximum Gasteiger partial charge on any atom is 0.310 e. The molecule has 3 unspecified atom stereocenters. The lowest BCUT2D eigenvalue weighted by Crippen LogP contribution is -2.36. The van der Waals surface area contributed by atoms with Crippen LogP contribution in [-0.2, 0) is 9.53 Å². The number of esters is 1. The molecule has 1 heterocycles. The van der Waals surface area contributed by atoms with Crippen LogP contribution in [0.1, 0.15) is 39.5 Å². The van der Waals surface area contributed by atoms with Crippen LogP contribution in [-0.4, -0.2) is 47.0 Å². The van der Waals surface area contributed by atoms with Gasteiger partial charge in [-0.1, -0.05) is 31.0 Å². The number of hydrogen-bond donors (Lipinski definition) is 2. The van der Waals surface area contributed by atoms with Gasteiger partial charge in [0.2, 0.25) is 0 Å². The molecule has 1 aliphatic heterocycles. The van der Waals surface area contributed by atoms with Crippen LogP contribution in [0.15, 0.2) is 12.2 Å². The standard InChI is InChI=1S/C14H23NO2S2.C2H7N/c1-2-17-14(16)11-4-3-9-15(10-11)19-13-7-5-12(18)6-8-13;1-2-3/h5,7,11-13,18H,2-4,6,8-10H2,1H3;2-3H2,1H3. The first-order chi connectivity index (χ1) is 10.6. The number of carbonyl (C=O) groups is 1. The Balaban J connectivity index is 0.000000745. The second kappa shape index (κ2) is 11.4. The highest BCUT2D eigenvalue weighted by Crippen LogP contribution is 2.31. The molecule has 4 nitrogen and oxygen atoms in total. The molecule has 0 amide bonds. The van der Waals surface area contributed by atoms with Crippen molar-refractivity contribution in [3.05, 3.63) is 12.2 Å².